The standard InChI is InChI=1S/C19H22N4O3.ClH/c1-3-5-14-17-13(19(24)23-8-7-20-11-12(23)2)10-15(16-6-4-9-25-16)21-18(17)26-22-14;/h4,6,9-10,12,20H,3,5,7-8,11H2,1-2H3;1H/t12-;/m0./s1. The molecular weight excluding hydrogens is 368 g/mol. The Balaban J connectivity index is 0.00000210. The van der Waals surface area contributed by atoms with E-state index in [4.69, 9.17) is 8.94 Å². The smallest absolute Gasteiger partial charge is 0.259 e. The number of hydrogen-bond donors (Lipinski definition) is 1. The van der Waals surface area contributed by atoms with Gasteiger partial charge < -0.3 is 19.2 Å². The zero-order chi connectivity index (χ0) is 18.1. The average Bonchev–Trinajstić information content (AvgIpc) is 3.31. The number of aromatic nitrogens is 2. The number of amides is 1. The molecule has 4 rings (SSSR count). The number of rotatable bonds is 4. The van der Waals surface area contributed by atoms with Crippen LogP contribution in [0.4, 0.5) is 0 Å². The van der Waals surface area contributed by atoms with Gasteiger partial charge in [-0.05, 0) is 31.5 Å². The molecule has 0 unspecified atom stereocenters. The lowest BCUT2D eigenvalue weighted by molar-refractivity contribution is 0.0657. The van der Waals surface area contributed by atoms with Crippen LogP contribution < -0.4 is 5.32 Å². The highest BCUT2D eigenvalue weighted by molar-refractivity contribution is 6.07. The highest BCUT2D eigenvalue weighted by Crippen LogP contribution is 2.29. The van der Waals surface area contributed by atoms with Crippen LogP contribution in [0.2, 0.25) is 0 Å². The minimum atomic E-state index is -0.0141. The van der Waals surface area contributed by atoms with Gasteiger partial charge in [-0.15, -0.1) is 12.4 Å². The Hall–Kier alpha value is -2.38. The van der Waals surface area contributed by atoms with E-state index < -0.39 is 0 Å². The van der Waals surface area contributed by atoms with Crippen molar-refractivity contribution in [2.45, 2.75) is 32.7 Å². The Labute approximate surface area is 163 Å². The van der Waals surface area contributed by atoms with Crippen LogP contribution in [-0.2, 0) is 6.42 Å². The van der Waals surface area contributed by atoms with Crippen LogP contribution in [0.1, 0.15) is 36.3 Å². The molecule has 144 valence electrons. The van der Waals surface area contributed by atoms with Gasteiger partial charge in [0.25, 0.3) is 11.6 Å². The largest absolute Gasteiger partial charge is 0.463 e. The number of piperazine rings is 1. The molecule has 0 bridgehead atoms. The van der Waals surface area contributed by atoms with Crippen LogP contribution in [0, 0.1) is 0 Å². The van der Waals surface area contributed by atoms with Crippen molar-refractivity contribution in [1.29, 1.82) is 0 Å². The summed E-state index contributed by atoms with van der Waals surface area (Å²) in [5.41, 5.74) is 2.33. The minimum absolute atomic E-state index is 0. The molecule has 1 N–H and O–H groups in total. The lowest BCUT2D eigenvalue weighted by atomic mass is 10.0. The quantitative estimate of drug-likeness (QED) is 0.735. The molecule has 0 aliphatic carbocycles. The molecular formula is C19H23ClN4O3. The normalized spacial score (nSPS) is 17.1. The van der Waals surface area contributed by atoms with E-state index in [1.54, 1.807) is 18.4 Å². The van der Waals surface area contributed by atoms with E-state index in [9.17, 15) is 4.79 Å². The van der Waals surface area contributed by atoms with Gasteiger partial charge in [-0.3, -0.25) is 4.79 Å². The lowest BCUT2D eigenvalue weighted by Gasteiger charge is -2.34. The number of carbonyl (C=O) groups excluding carboxylic acids is 1. The Morgan fingerprint density at radius 2 is 2.30 bits per heavy atom. The van der Waals surface area contributed by atoms with E-state index >= 15 is 0 Å². The summed E-state index contributed by atoms with van der Waals surface area (Å²) in [6.45, 7) is 6.38. The van der Waals surface area contributed by atoms with Crippen LogP contribution >= 0.6 is 12.4 Å². The molecule has 4 heterocycles. The summed E-state index contributed by atoms with van der Waals surface area (Å²) in [6.07, 6.45) is 3.25. The maximum Gasteiger partial charge on any atom is 0.259 e. The van der Waals surface area contributed by atoms with Gasteiger partial charge in [0.15, 0.2) is 5.76 Å². The summed E-state index contributed by atoms with van der Waals surface area (Å²) in [7, 11) is 0. The first-order valence-electron chi connectivity index (χ1n) is 9.04. The third-order valence-corrected chi connectivity index (χ3v) is 4.77. The third-order valence-electron chi connectivity index (χ3n) is 4.77. The molecule has 0 aromatic carbocycles. The second kappa shape index (κ2) is 8.10. The predicted octanol–water partition coefficient (Wildman–Crippen LogP) is 3.29. The molecule has 1 atom stereocenters. The highest BCUT2D eigenvalue weighted by atomic mass is 35.5. The second-order valence-corrected chi connectivity index (χ2v) is 6.64. The van der Waals surface area contributed by atoms with Gasteiger partial charge in [0, 0.05) is 25.7 Å². The Bertz CT molecular complexity index is 923. The molecule has 0 radical (unpaired) electrons. The number of pyridine rings is 1. The second-order valence-electron chi connectivity index (χ2n) is 6.64. The molecule has 1 aliphatic rings. The molecule has 3 aromatic rings. The van der Waals surface area contributed by atoms with Gasteiger partial charge in [0.05, 0.1) is 22.9 Å². The number of nitrogens with zero attached hydrogens (tertiary/aromatic N) is 3. The number of fused-ring (bicyclic) bond motifs is 1. The lowest BCUT2D eigenvalue weighted by Crippen LogP contribution is -2.52. The van der Waals surface area contributed by atoms with Crippen molar-refractivity contribution in [1.82, 2.24) is 20.4 Å². The Morgan fingerprint density at radius 3 is 3.00 bits per heavy atom. The molecule has 8 heteroatoms. The monoisotopic (exact) mass is 390 g/mol. The van der Waals surface area contributed by atoms with Gasteiger partial charge in [-0.1, -0.05) is 18.5 Å². The van der Waals surface area contributed by atoms with Gasteiger partial charge in [-0.25, -0.2) is 4.98 Å². The number of aryl methyl sites for hydroxylation is 1. The molecule has 3 aromatic heterocycles. The van der Waals surface area contributed by atoms with Gasteiger partial charge in [-0.2, -0.15) is 0 Å². The van der Waals surface area contributed by atoms with Crippen molar-refractivity contribution >= 4 is 29.4 Å². The van der Waals surface area contributed by atoms with E-state index in [0.717, 1.165) is 37.0 Å². The summed E-state index contributed by atoms with van der Waals surface area (Å²) >= 11 is 0. The van der Waals surface area contributed by atoms with Crippen LogP contribution in [-0.4, -0.2) is 46.6 Å². The fraction of sp³-hybridized carbons (Fsp3) is 0.421. The van der Waals surface area contributed by atoms with E-state index in [0.29, 0.717) is 29.3 Å². The number of carbonyl (C=O) groups is 1. The number of halogens is 1. The number of nitrogens with one attached hydrogen (secondary N) is 1. The van der Waals surface area contributed by atoms with Gasteiger partial charge in [0.2, 0.25) is 0 Å². The zero-order valence-electron chi connectivity index (χ0n) is 15.4. The molecule has 27 heavy (non-hydrogen) atoms. The minimum Gasteiger partial charge on any atom is -0.463 e. The van der Waals surface area contributed by atoms with E-state index in [1.165, 1.54) is 0 Å². The van der Waals surface area contributed by atoms with Gasteiger partial charge >= 0.3 is 0 Å². The van der Waals surface area contributed by atoms with Crippen LogP contribution in [0.25, 0.3) is 22.6 Å². The summed E-state index contributed by atoms with van der Waals surface area (Å²) in [5.74, 6) is 0.586. The van der Waals surface area contributed by atoms with Crippen molar-refractivity contribution in [2.24, 2.45) is 0 Å². The summed E-state index contributed by atoms with van der Waals surface area (Å²) < 4.78 is 10.9. The van der Waals surface area contributed by atoms with Crippen LogP contribution in [0.15, 0.2) is 33.4 Å². The fourth-order valence-electron chi connectivity index (χ4n) is 3.43. The van der Waals surface area contributed by atoms with Crippen molar-refractivity contribution in [3.05, 3.63) is 35.7 Å². The maximum atomic E-state index is 13.4. The summed E-state index contributed by atoms with van der Waals surface area (Å²) in [4.78, 5) is 19.8. The third kappa shape index (κ3) is 3.57. The average molecular weight is 391 g/mol. The van der Waals surface area contributed by atoms with Crippen molar-refractivity contribution < 1.29 is 13.7 Å². The van der Waals surface area contributed by atoms with Crippen LogP contribution in [0.5, 0.6) is 0 Å². The molecule has 0 saturated carbocycles. The van der Waals surface area contributed by atoms with E-state index in [-0.39, 0.29) is 24.4 Å². The Kier molecular flexibility index (Phi) is 5.82. The fourth-order valence-corrected chi connectivity index (χ4v) is 3.43. The van der Waals surface area contributed by atoms with E-state index in [2.05, 4.69) is 29.3 Å². The van der Waals surface area contributed by atoms with Crippen molar-refractivity contribution in [2.75, 3.05) is 19.6 Å². The van der Waals surface area contributed by atoms with Crippen LogP contribution in [0.3, 0.4) is 0 Å². The predicted molar refractivity (Wildman–Crippen MR) is 104 cm³/mol. The topological polar surface area (TPSA) is 84.4 Å². The first kappa shape index (κ1) is 19.4. The molecule has 1 amide bonds. The zero-order valence-corrected chi connectivity index (χ0v) is 16.2. The first-order chi connectivity index (χ1) is 12.7. The molecule has 1 saturated heterocycles. The summed E-state index contributed by atoms with van der Waals surface area (Å²) in [5, 5.41) is 8.20. The number of hydrogen-bond acceptors (Lipinski definition) is 6. The maximum absolute atomic E-state index is 13.4. The Morgan fingerprint density at radius 1 is 1.44 bits per heavy atom. The number of furan rings is 1. The molecule has 1 fully saturated rings. The van der Waals surface area contributed by atoms with E-state index in [1.807, 2.05) is 11.0 Å². The molecule has 1 aliphatic heterocycles. The SMILES string of the molecule is CCCc1noc2nc(-c3ccco3)cc(C(=O)N3CCNC[C@@H]3C)c12.Cl. The summed E-state index contributed by atoms with van der Waals surface area (Å²) in [6, 6.07) is 5.54. The molecule has 7 nitrogen and oxygen atoms in total. The first-order valence-corrected chi connectivity index (χ1v) is 9.04. The van der Waals surface area contributed by atoms with Crippen molar-refractivity contribution in [3.63, 3.8) is 0 Å². The highest BCUT2D eigenvalue weighted by Gasteiger charge is 2.28. The van der Waals surface area contributed by atoms with Gasteiger partial charge in [0.1, 0.15) is 5.69 Å². The molecule has 0 spiro atoms. The van der Waals surface area contributed by atoms with Crippen molar-refractivity contribution in [3.8, 4) is 11.5 Å².